The van der Waals surface area contributed by atoms with E-state index in [1.807, 2.05) is 18.2 Å². The summed E-state index contributed by atoms with van der Waals surface area (Å²) >= 11 is 0. The molecule has 1 aliphatic heterocycles. The molecular formula is C17H20N2O2. The smallest absolute Gasteiger partial charge is 0.233 e. The largest absolute Gasteiger partial charge is 0.399 e. The van der Waals surface area contributed by atoms with Gasteiger partial charge in [-0.25, -0.2) is 0 Å². The normalized spacial score (nSPS) is 31.4. The van der Waals surface area contributed by atoms with Crippen LogP contribution in [0.4, 0.5) is 5.69 Å². The first-order chi connectivity index (χ1) is 10.2. The topological polar surface area (TPSA) is 63.4 Å². The second kappa shape index (κ2) is 4.58. The Bertz CT molecular complexity index is 601. The van der Waals surface area contributed by atoms with Crippen molar-refractivity contribution in [1.29, 1.82) is 0 Å². The van der Waals surface area contributed by atoms with E-state index in [4.69, 9.17) is 5.73 Å². The maximum absolute atomic E-state index is 12.7. The summed E-state index contributed by atoms with van der Waals surface area (Å²) in [6.07, 6.45) is 5.66. The first kappa shape index (κ1) is 12.9. The van der Waals surface area contributed by atoms with E-state index < -0.39 is 0 Å². The molecule has 2 aliphatic carbocycles. The van der Waals surface area contributed by atoms with Gasteiger partial charge >= 0.3 is 0 Å². The van der Waals surface area contributed by atoms with Gasteiger partial charge in [0, 0.05) is 5.69 Å². The van der Waals surface area contributed by atoms with Crippen molar-refractivity contribution >= 4 is 17.5 Å². The van der Waals surface area contributed by atoms with Gasteiger partial charge in [-0.05, 0) is 48.9 Å². The number of rotatable bonds is 1. The van der Waals surface area contributed by atoms with Gasteiger partial charge in [0.25, 0.3) is 0 Å². The van der Waals surface area contributed by atoms with Crippen molar-refractivity contribution in [3.63, 3.8) is 0 Å². The fourth-order valence-electron chi connectivity index (χ4n) is 4.38. The Hall–Kier alpha value is -1.84. The monoisotopic (exact) mass is 284 g/mol. The molecule has 1 aromatic rings. The van der Waals surface area contributed by atoms with Gasteiger partial charge in [0.1, 0.15) is 0 Å². The average Bonchev–Trinajstić information content (AvgIpc) is 2.99. The highest BCUT2D eigenvalue weighted by Crippen LogP contribution is 2.45. The lowest BCUT2D eigenvalue weighted by atomic mass is 9.81. The molecule has 4 nitrogen and oxygen atoms in total. The Morgan fingerprint density at radius 3 is 2.33 bits per heavy atom. The number of fused-ring (bicyclic) bond motifs is 2. The maximum Gasteiger partial charge on any atom is 0.233 e. The quantitative estimate of drug-likeness (QED) is 0.636. The Kier molecular flexibility index (Phi) is 2.81. The van der Waals surface area contributed by atoms with E-state index in [1.165, 1.54) is 5.56 Å². The summed E-state index contributed by atoms with van der Waals surface area (Å²) in [5, 5.41) is 0. The summed E-state index contributed by atoms with van der Waals surface area (Å²) in [5.74, 6) is 0.0342. The third kappa shape index (κ3) is 1.81. The predicted molar refractivity (Wildman–Crippen MR) is 79.2 cm³/mol. The molecule has 4 rings (SSSR count). The number of nitrogen functional groups attached to an aromatic ring is 1. The second-order valence-electron chi connectivity index (χ2n) is 6.56. The van der Waals surface area contributed by atoms with Crippen LogP contribution in [0.2, 0.25) is 0 Å². The SMILES string of the molecule is Nc1ccc2c(c1)CCC2N1C(=O)C2CCCCC2C1=O. The molecule has 21 heavy (non-hydrogen) atoms. The molecule has 1 aromatic carbocycles. The lowest BCUT2D eigenvalue weighted by Gasteiger charge is -2.23. The average molecular weight is 284 g/mol. The zero-order valence-corrected chi connectivity index (χ0v) is 12.0. The van der Waals surface area contributed by atoms with Crippen molar-refractivity contribution in [3.8, 4) is 0 Å². The van der Waals surface area contributed by atoms with Crippen LogP contribution in [0.1, 0.15) is 49.3 Å². The van der Waals surface area contributed by atoms with Crippen LogP contribution in [-0.4, -0.2) is 16.7 Å². The number of carbonyl (C=O) groups is 2. The summed E-state index contributed by atoms with van der Waals surface area (Å²) in [4.78, 5) is 27.0. The summed E-state index contributed by atoms with van der Waals surface area (Å²) < 4.78 is 0. The molecule has 1 saturated heterocycles. The number of carbonyl (C=O) groups excluding carboxylic acids is 2. The third-order valence-corrected chi connectivity index (χ3v) is 5.40. The Morgan fingerprint density at radius 1 is 1.00 bits per heavy atom. The van der Waals surface area contributed by atoms with E-state index in [0.29, 0.717) is 0 Å². The lowest BCUT2D eigenvalue weighted by Crippen LogP contribution is -2.34. The van der Waals surface area contributed by atoms with Gasteiger partial charge in [-0.3, -0.25) is 14.5 Å². The summed E-state index contributed by atoms with van der Waals surface area (Å²) in [6.45, 7) is 0. The number of hydrogen-bond donors (Lipinski definition) is 1. The van der Waals surface area contributed by atoms with Crippen LogP contribution in [0.15, 0.2) is 18.2 Å². The van der Waals surface area contributed by atoms with Crippen LogP contribution in [0, 0.1) is 11.8 Å². The number of nitrogens with zero attached hydrogens (tertiary/aromatic N) is 1. The van der Waals surface area contributed by atoms with Crippen LogP contribution >= 0.6 is 0 Å². The number of amides is 2. The fourth-order valence-corrected chi connectivity index (χ4v) is 4.38. The number of hydrogen-bond acceptors (Lipinski definition) is 3. The zero-order chi connectivity index (χ0) is 14.6. The molecular weight excluding hydrogens is 264 g/mol. The van der Waals surface area contributed by atoms with Gasteiger partial charge in [-0.2, -0.15) is 0 Å². The molecule has 0 bridgehead atoms. The van der Waals surface area contributed by atoms with Crippen molar-refractivity contribution in [2.24, 2.45) is 11.8 Å². The van der Waals surface area contributed by atoms with Crippen molar-refractivity contribution < 1.29 is 9.59 Å². The molecule has 110 valence electrons. The highest BCUT2D eigenvalue weighted by atomic mass is 16.2. The molecule has 1 saturated carbocycles. The van der Waals surface area contributed by atoms with Gasteiger partial charge in [0.05, 0.1) is 17.9 Å². The molecule has 0 radical (unpaired) electrons. The number of anilines is 1. The van der Waals surface area contributed by atoms with Gasteiger partial charge in [-0.1, -0.05) is 18.9 Å². The molecule has 3 aliphatic rings. The minimum Gasteiger partial charge on any atom is -0.399 e. The highest BCUT2D eigenvalue weighted by Gasteiger charge is 2.51. The number of benzene rings is 1. The van der Waals surface area contributed by atoms with Crippen molar-refractivity contribution in [3.05, 3.63) is 29.3 Å². The minimum absolute atomic E-state index is 0.0518. The fraction of sp³-hybridized carbons (Fsp3) is 0.529. The van der Waals surface area contributed by atoms with E-state index in [9.17, 15) is 9.59 Å². The van der Waals surface area contributed by atoms with Gasteiger partial charge < -0.3 is 5.73 Å². The standard InChI is InChI=1S/C17H20N2O2/c18-11-6-7-12-10(9-11)5-8-15(12)19-16(20)13-3-1-2-4-14(13)17(19)21/h6-7,9,13-15H,1-5,8,18H2. The van der Waals surface area contributed by atoms with Gasteiger partial charge in [0.15, 0.2) is 0 Å². The Balaban J connectivity index is 1.69. The molecule has 0 aromatic heterocycles. The van der Waals surface area contributed by atoms with Crippen molar-refractivity contribution in [1.82, 2.24) is 4.90 Å². The molecule has 1 heterocycles. The van der Waals surface area contributed by atoms with E-state index >= 15 is 0 Å². The summed E-state index contributed by atoms with van der Waals surface area (Å²) in [5.41, 5.74) is 8.89. The second-order valence-corrected chi connectivity index (χ2v) is 6.56. The van der Waals surface area contributed by atoms with E-state index in [-0.39, 0.29) is 29.7 Å². The van der Waals surface area contributed by atoms with Crippen LogP contribution in [0.5, 0.6) is 0 Å². The van der Waals surface area contributed by atoms with Gasteiger partial charge in [0.2, 0.25) is 11.8 Å². The van der Waals surface area contributed by atoms with Crippen molar-refractivity contribution in [2.45, 2.75) is 44.6 Å². The molecule has 3 unspecified atom stereocenters. The lowest BCUT2D eigenvalue weighted by molar-refractivity contribution is -0.142. The summed E-state index contributed by atoms with van der Waals surface area (Å²) in [7, 11) is 0. The Morgan fingerprint density at radius 2 is 1.67 bits per heavy atom. The van der Waals surface area contributed by atoms with E-state index in [0.717, 1.165) is 49.8 Å². The molecule has 3 atom stereocenters. The molecule has 2 N–H and O–H groups in total. The number of likely N-dealkylation sites (tertiary alicyclic amines) is 1. The zero-order valence-electron chi connectivity index (χ0n) is 12.0. The maximum atomic E-state index is 12.7. The third-order valence-electron chi connectivity index (χ3n) is 5.40. The van der Waals surface area contributed by atoms with Crippen LogP contribution < -0.4 is 5.73 Å². The number of nitrogens with two attached hydrogens (primary N) is 1. The first-order valence-electron chi connectivity index (χ1n) is 7.92. The minimum atomic E-state index is -0.0637. The van der Waals surface area contributed by atoms with Crippen LogP contribution in [0.25, 0.3) is 0 Å². The van der Waals surface area contributed by atoms with Crippen LogP contribution in [0.3, 0.4) is 0 Å². The number of aryl methyl sites for hydroxylation is 1. The predicted octanol–water partition coefficient (Wildman–Crippen LogP) is 2.43. The Labute approximate surface area is 124 Å². The van der Waals surface area contributed by atoms with Crippen LogP contribution in [-0.2, 0) is 16.0 Å². The summed E-state index contributed by atoms with van der Waals surface area (Å²) in [6, 6.07) is 5.78. The van der Waals surface area contributed by atoms with E-state index in [1.54, 1.807) is 4.90 Å². The molecule has 2 fully saturated rings. The molecule has 0 spiro atoms. The molecule has 4 heteroatoms. The van der Waals surface area contributed by atoms with E-state index in [2.05, 4.69) is 0 Å². The highest BCUT2D eigenvalue weighted by molar-refractivity contribution is 6.05. The first-order valence-corrected chi connectivity index (χ1v) is 7.92. The van der Waals surface area contributed by atoms with Gasteiger partial charge in [-0.15, -0.1) is 0 Å². The van der Waals surface area contributed by atoms with Crippen molar-refractivity contribution in [2.75, 3.05) is 5.73 Å². The molecule has 2 amide bonds. The number of imide groups is 1.